The summed E-state index contributed by atoms with van der Waals surface area (Å²) < 4.78 is 5.69. The second-order valence-corrected chi connectivity index (χ2v) is 5.77. The lowest BCUT2D eigenvalue weighted by molar-refractivity contribution is 0.0818. The van der Waals surface area contributed by atoms with Crippen molar-refractivity contribution in [3.05, 3.63) is 35.9 Å². The van der Waals surface area contributed by atoms with E-state index in [1.54, 1.807) is 0 Å². The van der Waals surface area contributed by atoms with Crippen LogP contribution in [0.5, 0.6) is 0 Å². The van der Waals surface area contributed by atoms with Gasteiger partial charge in [0.25, 0.3) is 0 Å². The Kier molecular flexibility index (Phi) is 3.67. The first-order valence-electron chi connectivity index (χ1n) is 7.22. The number of ether oxygens (including phenoxy) is 1. The number of hydrogen-bond donors (Lipinski definition) is 0. The standard InChI is InChI=1S/C16H23NO/c1-13-16(8-10-18-13)17-9-7-15(12-17)11-14-5-3-2-4-6-14/h2-6,13,15-16H,7-12H2,1H3/t13-,15-,16+/m0/s1. The molecular weight excluding hydrogens is 222 g/mol. The lowest BCUT2D eigenvalue weighted by Gasteiger charge is -2.26. The van der Waals surface area contributed by atoms with Crippen LogP contribution in [0.25, 0.3) is 0 Å². The van der Waals surface area contributed by atoms with E-state index in [1.807, 2.05) is 0 Å². The monoisotopic (exact) mass is 245 g/mol. The molecule has 3 atom stereocenters. The van der Waals surface area contributed by atoms with Crippen molar-refractivity contribution in [1.29, 1.82) is 0 Å². The van der Waals surface area contributed by atoms with Gasteiger partial charge >= 0.3 is 0 Å². The third-order valence-corrected chi connectivity index (χ3v) is 4.49. The van der Waals surface area contributed by atoms with Gasteiger partial charge in [-0.1, -0.05) is 30.3 Å². The van der Waals surface area contributed by atoms with E-state index in [1.165, 1.54) is 37.9 Å². The molecule has 2 heteroatoms. The molecule has 0 unspecified atom stereocenters. The maximum absolute atomic E-state index is 5.69. The number of hydrogen-bond acceptors (Lipinski definition) is 2. The summed E-state index contributed by atoms with van der Waals surface area (Å²) in [5.41, 5.74) is 1.49. The molecule has 0 radical (unpaired) electrons. The molecule has 0 spiro atoms. The van der Waals surface area contributed by atoms with Crippen LogP contribution < -0.4 is 0 Å². The number of nitrogens with zero attached hydrogens (tertiary/aromatic N) is 1. The average Bonchev–Trinajstić information content (AvgIpc) is 2.99. The van der Waals surface area contributed by atoms with E-state index in [4.69, 9.17) is 4.74 Å². The Hall–Kier alpha value is -0.860. The molecule has 0 aromatic heterocycles. The van der Waals surface area contributed by atoms with Crippen LogP contribution in [-0.2, 0) is 11.2 Å². The molecule has 1 aromatic rings. The van der Waals surface area contributed by atoms with E-state index in [9.17, 15) is 0 Å². The van der Waals surface area contributed by atoms with Crippen LogP contribution in [0.1, 0.15) is 25.3 Å². The Labute approximate surface area is 110 Å². The largest absolute Gasteiger partial charge is 0.377 e. The molecule has 2 saturated heterocycles. The van der Waals surface area contributed by atoms with Crippen LogP contribution in [0.15, 0.2) is 30.3 Å². The minimum atomic E-state index is 0.431. The summed E-state index contributed by atoms with van der Waals surface area (Å²) in [6.07, 6.45) is 4.23. The summed E-state index contributed by atoms with van der Waals surface area (Å²) >= 11 is 0. The van der Waals surface area contributed by atoms with Crippen LogP contribution >= 0.6 is 0 Å². The third-order valence-electron chi connectivity index (χ3n) is 4.49. The first kappa shape index (κ1) is 12.2. The van der Waals surface area contributed by atoms with Gasteiger partial charge < -0.3 is 4.74 Å². The van der Waals surface area contributed by atoms with E-state index in [0.29, 0.717) is 12.1 Å². The van der Waals surface area contributed by atoms with Gasteiger partial charge in [-0.05, 0) is 44.2 Å². The van der Waals surface area contributed by atoms with Crippen molar-refractivity contribution in [3.8, 4) is 0 Å². The van der Waals surface area contributed by atoms with Gasteiger partial charge in [0.2, 0.25) is 0 Å². The highest BCUT2D eigenvalue weighted by molar-refractivity contribution is 5.15. The van der Waals surface area contributed by atoms with Crippen molar-refractivity contribution < 1.29 is 4.74 Å². The van der Waals surface area contributed by atoms with Gasteiger partial charge in [0, 0.05) is 19.2 Å². The van der Waals surface area contributed by atoms with Gasteiger partial charge in [-0.3, -0.25) is 4.90 Å². The predicted molar refractivity (Wildman–Crippen MR) is 73.6 cm³/mol. The quantitative estimate of drug-likeness (QED) is 0.812. The van der Waals surface area contributed by atoms with Gasteiger partial charge in [0.05, 0.1) is 6.10 Å². The van der Waals surface area contributed by atoms with Gasteiger partial charge in [-0.2, -0.15) is 0 Å². The smallest absolute Gasteiger partial charge is 0.0703 e. The van der Waals surface area contributed by atoms with Gasteiger partial charge in [-0.25, -0.2) is 0 Å². The summed E-state index contributed by atoms with van der Waals surface area (Å²) in [7, 11) is 0. The molecule has 1 aromatic carbocycles. The summed E-state index contributed by atoms with van der Waals surface area (Å²) in [4.78, 5) is 2.66. The molecule has 0 aliphatic carbocycles. The fraction of sp³-hybridized carbons (Fsp3) is 0.625. The average molecular weight is 245 g/mol. The van der Waals surface area contributed by atoms with Crippen molar-refractivity contribution in [2.24, 2.45) is 5.92 Å². The maximum Gasteiger partial charge on any atom is 0.0703 e. The summed E-state index contributed by atoms with van der Waals surface area (Å²) in [5, 5.41) is 0. The highest BCUT2D eigenvalue weighted by Gasteiger charge is 2.34. The van der Waals surface area contributed by atoms with Crippen LogP contribution in [0, 0.1) is 5.92 Å². The fourth-order valence-electron chi connectivity index (χ4n) is 3.48. The molecule has 0 amide bonds. The van der Waals surface area contributed by atoms with Crippen LogP contribution in [0.4, 0.5) is 0 Å². The Morgan fingerprint density at radius 1 is 1.22 bits per heavy atom. The fourth-order valence-corrected chi connectivity index (χ4v) is 3.48. The van der Waals surface area contributed by atoms with Crippen molar-refractivity contribution in [2.75, 3.05) is 19.7 Å². The molecule has 2 heterocycles. The summed E-state index contributed by atoms with van der Waals surface area (Å²) in [6, 6.07) is 11.6. The second-order valence-electron chi connectivity index (χ2n) is 5.77. The van der Waals surface area contributed by atoms with Crippen LogP contribution in [-0.4, -0.2) is 36.7 Å². The zero-order valence-electron chi connectivity index (χ0n) is 11.2. The molecule has 2 aliphatic rings. The number of benzene rings is 1. The highest BCUT2D eigenvalue weighted by Crippen LogP contribution is 2.27. The number of rotatable bonds is 3. The predicted octanol–water partition coefficient (Wildman–Crippen LogP) is 2.73. The van der Waals surface area contributed by atoms with Crippen LogP contribution in [0.3, 0.4) is 0 Å². The normalized spacial score (nSPS) is 33.1. The zero-order valence-corrected chi connectivity index (χ0v) is 11.2. The second kappa shape index (κ2) is 5.41. The van der Waals surface area contributed by atoms with Crippen molar-refractivity contribution in [2.45, 2.75) is 38.3 Å². The molecule has 98 valence electrons. The first-order valence-corrected chi connectivity index (χ1v) is 7.22. The molecule has 3 rings (SSSR count). The lowest BCUT2D eigenvalue weighted by atomic mass is 9.99. The van der Waals surface area contributed by atoms with Crippen molar-refractivity contribution >= 4 is 0 Å². The zero-order chi connectivity index (χ0) is 12.4. The SMILES string of the molecule is C[C@@H]1OCC[C@H]1N1CC[C@@H](Cc2ccccc2)C1. The summed E-state index contributed by atoms with van der Waals surface area (Å²) in [5.74, 6) is 0.834. The van der Waals surface area contributed by atoms with Gasteiger partial charge in [0.1, 0.15) is 0 Å². The van der Waals surface area contributed by atoms with E-state index < -0.39 is 0 Å². The Balaban J connectivity index is 1.55. The molecular formula is C16H23NO. The molecule has 0 N–H and O–H groups in total. The minimum Gasteiger partial charge on any atom is -0.377 e. The molecule has 2 nitrogen and oxygen atoms in total. The Morgan fingerprint density at radius 3 is 2.78 bits per heavy atom. The lowest BCUT2D eigenvalue weighted by Crippen LogP contribution is -2.38. The van der Waals surface area contributed by atoms with Crippen molar-refractivity contribution in [3.63, 3.8) is 0 Å². The van der Waals surface area contributed by atoms with Gasteiger partial charge in [-0.15, -0.1) is 0 Å². The van der Waals surface area contributed by atoms with Gasteiger partial charge in [0.15, 0.2) is 0 Å². The first-order chi connectivity index (χ1) is 8.83. The molecule has 0 saturated carbocycles. The van der Waals surface area contributed by atoms with Crippen LogP contribution in [0.2, 0.25) is 0 Å². The molecule has 0 bridgehead atoms. The maximum atomic E-state index is 5.69. The van der Waals surface area contributed by atoms with Crippen molar-refractivity contribution in [1.82, 2.24) is 4.90 Å². The minimum absolute atomic E-state index is 0.431. The van der Waals surface area contributed by atoms with E-state index in [-0.39, 0.29) is 0 Å². The van der Waals surface area contributed by atoms with E-state index in [0.717, 1.165) is 12.5 Å². The molecule has 18 heavy (non-hydrogen) atoms. The number of likely N-dealkylation sites (tertiary alicyclic amines) is 1. The topological polar surface area (TPSA) is 12.5 Å². The third kappa shape index (κ3) is 2.60. The van der Waals surface area contributed by atoms with E-state index >= 15 is 0 Å². The molecule has 2 fully saturated rings. The molecule has 2 aliphatic heterocycles. The Morgan fingerprint density at radius 2 is 2.06 bits per heavy atom. The Bertz CT molecular complexity index is 378. The highest BCUT2D eigenvalue weighted by atomic mass is 16.5. The summed E-state index contributed by atoms with van der Waals surface area (Å²) in [6.45, 7) is 5.69. The van der Waals surface area contributed by atoms with E-state index in [2.05, 4.69) is 42.2 Å².